The summed E-state index contributed by atoms with van der Waals surface area (Å²) in [5.41, 5.74) is 1.31. The van der Waals surface area contributed by atoms with Crippen molar-refractivity contribution in [1.29, 1.82) is 0 Å². The Morgan fingerprint density at radius 3 is 2.32 bits per heavy atom. The minimum atomic E-state index is -4.52. The van der Waals surface area contributed by atoms with Crippen LogP contribution < -0.4 is 9.46 Å². The third-order valence-electron chi connectivity index (χ3n) is 7.32. The molecule has 12 heteroatoms. The third-order valence-corrected chi connectivity index (χ3v) is 11.1. The first-order valence-corrected chi connectivity index (χ1v) is 16.0. The number of benzene rings is 2. The molecule has 3 aliphatic rings. The third kappa shape index (κ3) is 6.24. The number of alkyl halides is 2. The average Bonchev–Trinajstić information content (AvgIpc) is 3.79. The molecule has 0 radical (unpaired) electrons. The second kappa shape index (κ2) is 11.0. The second-order valence-electron chi connectivity index (χ2n) is 10.3. The molecule has 1 N–H and O–H groups in total. The maximum Gasteiger partial charge on any atom is 0.270 e. The Balaban J connectivity index is 1.21. The first-order valence-electron chi connectivity index (χ1n) is 12.5. The number of amides is 1. The van der Waals surface area contributed by atoms with E-state index in [9.17, 15) is 22.0 Å². The van der Waals surface area contributed by atoms with Crippen LogP contribution in [0.3, 0.4) is 0 Å². The number of carbonyl (C=O) groups is 1. The van der Waals surface area contributed by atoms with Crippen LogP contribution in [0.25, 0.3) is 0 Å². The fourth-order valence-electron chi connectivity index (χ4n) is 4.70. The zero-order chi connectivity index (χ0) is 27.2. The lowest BCUT2D eigenvalue weighted by Gasteiger charge is -2.35. The van der Waals surface area contributed by atoms with E-state index in [4.69, 9.17) is 27.9 Å². The summed E-state index contributed by atoms with van der Waals surface area (Å²) >= 11 is 14.7. The van der Waals surface area contributed by atoms with Crippen molar-refractivity contribution < 1.29 is 26.7 Å². The van der Waals surface area contributed by atoms with Crippen molar-refractivity contribution in [3.63, 3.8) is 0 Å². The van der Waals surface area contributed by atoms with Crippen LogP contribution in [0.5, 0.6) is 5.75 Å². The molecule has 1 amide bonds. The summed E-state index contributed by atoms with van der Waals surface area (Å²) in [7, 11) is -4.52. The molecule has 1 saturated heterocycles. The molecule has 0 aromatic heterocycles. The van der Waals surface area contributed by atoms with E-state index in [1.807, 2.05) is 12.1 Å². The van der Waals surface area contributed by atoms with E-state index in [1.54, 1.807) is 10.8 Å². The van der Waals surface area contributed by atoms with Crippen LogP contribution >= 0.6 is 45.8 Å². The highest BCUT2D eigenvalue weighted by molar-refractivity contribution is 14.1. The van der Waals surface area contributed by atoms with Crippen molar-refractivity contribution in [2.45, 2.75) is 53.5 Å². The highest BCUT2D eigenvalue weighted by Crippen LogP contribution is 2.46. The van der Waals surface area contributed by atoms with E-state index < -0.39 is 32.3 Å². The van der Waals surface area contributed by atoms with Gasteiger partial charge in [0.05, 0.1) is 16.2 Å². The van der Waals surface area contributed by atoms with Gasteiger partial charge in [-0.05, 0) is 86.0 Å². The monoisotopic (exact) mass is 698 g/mol. The van der Waals surface area contributed by atoms with Crippen LogP contribution in [0.4, 0.5) is 8.78 Å². The molecule has 5 rings (SSSR count). The van der Waals surface area contributed by atoms with Crippen molar-refractivity contribution in [2.75, 3.05) is 19.7 Å². The van der Waals surface area contributed by atoms with Gasteiger partial charge in [0.15, 0.2) is 0 Å². The molecular weight excluding hydrogens is 672 g/mol. The summed E-state index contributed by atoms with van der Waals surface area (Å²) in [6.45, 7) is 2.13. The molecule has 1 heterocycles. The standard InChI is InChI=1S/C26H27Cl2F2IN2O4S/c27-18-9-17(10-19(28)11-18)24(31)33-7-3-15(4-8-33)14-37-23-13-22(29)21(12-20(23)16-1-2-16)25(34)32-38(35,36)26(30)5-6-26/h9-13,15-16,24H,1-8,14H2,(H,32,34)/t24-/m1/s1. The second-order valence-corrected chi connectivity index (χ2v) is 14.3. The number of nitrogens with zero attached hydrogens (tertiary/aromatic N) is 1. The minimum Gasteiger partial charge on any atom is -0.493 e. The molecule has 38 heavy (non-hydrogen) atoms. The number of piperidine rings is 1. The summed E-state index contributed by atoms with van der Waals surface area (Å²) in [5, 5.41) is -1.23. The molecule has 1 aliphatic heterocycles. The Labute approximate surface area is 244 Å². The summed E-state index contributed by atoms with van der Waals surface area (Å²) in [6, 6.07) is 8.07. The molecule has 2 aliphatic carbocycles. The smallest absolute Gasteiger partial charge is 0.270 e. The van der Waals surface area contributed by atoms with Gasteiger partial charge in [-0.1, -0.05) is 45.8 Å². The maximum atomic E-state index is 14.9. The molecule has 0 spiro atoms. The van der Waals surface area contributed by atoms with Gasteiger partial charge in [-0.2, -0.15) is 0 Å². The predicted octanol–water partition coefficient (Wildman–Crippen LogP) is 6.75. The first-order chi connectivity index (χ1) is 18.0. The number of likely N-dealkylation sites (tertiary alicyclic amines) is 1. The molecule has 2 aromatic carbocycles. The van der Waals surface area contributed by atoms with Crippen LogP contribution in [0.1, 0.15) is 70.0 Å². The number of rotatable bonds is 9. The highest BCUT2D eigenvalue weighted by atomic mass is 127. The van der Waals surface area contributed by atoms with Gasteiger partial charge in [-0.15, -0.1) is 0 Å². The maximum absolute atomic E-state index is 14.9. The van der Waals surface area contributed by atoms with E-state index in [-0.39, 0.29) is 28.7 Å². The lowest BCUT2D eigenvalue weighted by molar-refractivity contribution is 0.0975. The van der Waals surface area contributed by atoms with Crippen LogP contribution in [-0.2, 0) is 10.0 Å². The van der Waals surface area contributed by atoms with Crippen LogP contribution in [0, 0.1) is 11.7 Å². The number of hydrogen-bond acceptors (Lipinski definition) is 5. The number of halogens is 5. The molecule has 206 valence electrons. The molecular formula is C26H27Cl2F2IN2O4S. The largest absolute Gasteiger partial charge is 0.493 e. The number of sulfonamides is 1. The van der Waals surface area contributed by atoms with Crippen molar-refractivity contribution >= 4 is 61.7 Å². The fourth-order valence-corrected chi connectivity index (χ4v) is 7.33. The molecule has 3 fully saturated rings. The van der Waals surface area contributed by atoms with Crippen LogP contribution in [-0.4, -0.2) is 43.9 Å². The van der Waals surface area contributed by atoms with Crippen molar-refractivity contribution in [2.24, 2.45) is 5.92 Å². The predicted molar refractivity (Wildman–Crippen MR) is 151 cm³/mol. The van der Waals surface area contributed by atoms with Crippen molar-refractivity contribution in [1.82, 2.24) is 9.62 Å². The van der Waals surface area contributed by atoms with E-state index >= 15 is 0 Å². The zero-order valence-electron chi connectivity index (χ0n) is 20.4. The first kappa shape index (κ1) is 28.3. The van der Waals surface area contributed by atoms with E-state index in [2.05, 4.69) is 27.5 Å². The van der Waals surface area contributed by atoms with Gasteiger partial charge in [0.2, 0.25) is 5.00 Å². The molecule has 2 saturated carbocycles. The Hall–Kier alpha value is -1.21. The normalized spacial score (nSPS) is 20.7. The molecule has 6 nitrogen and oxygen atoms in total. The Morgan fingerprint density at radius 2 is 1.74 bits per heavy atom. The Bertz CT molecular complexity index is 1330. The minimum absolute atomic E-state index is 0.121. The summed E-state index contributed by atoms with van der Waals surface area (Å²) in [5.74, 6) is -1.29. The van der Waals surface area contributed by atoms with Gasteiger partial charge in [0, 0.05) is 29.0 Å². The van der Waals surface area contributed by atoms with Crippen LogP contribution in [0.2, 0.25) is 10.0 Å². The lowest BCUT2D eigenvalue weighted by atomic mass is 9.97. The molecule has 1 atom stereocenters. The van der Waals surface area contributed by atoms with E-state index in [0.717, 1.165) is 50.4 Å². The van der Waals surface area contributed by atoms with Crippen molar-refractivity contribution in [3.05, 3.63) is 62.9 Å². The summed E-state index contributed by atoms with van der Waals surface area (Å²) in [4.78, 5) is 14.9. The van der Waals surface area contributed by atoms with Gasteiger partial charge in [-0.3, -0.25) is 9.69 Å². The van der Waals surface area contributed by atoms with Crippen LogP contribution in [0.15, 0.2) is 30.3 Å². The van der Waals surface area contributed by atoms with Gasteiger partial charge >= 0.3 is 0 Å². The van der Waals surface area contributed by atoms with Gasteiger partial charge < -0.3 is 4.74 Å². The highest BCUT2D eigenvalue weighted by Gasteiger charge is 2.56. The van der Waals surface area contributed by atoms with Gasteiger partial charge in [0.1, 0.15) is 11.6 Å². The summed E-state index contributed by atoms with van der Waals surface area (Å²) in [6.07, 6.45) is 3.20. The van der Waals surface area contributed by atoms with Gasteiger partial charge in [-0.25, -0.2) is 21.9 Å². The molecule has 0 unspecified atom stereocenters. The van der Waals surface area contributed by atoms with E-state index in [1.165, 1.54) is 6.07 Å². The van der Waals surface area contributed by atoms with E-state index in [0.29, 0.717) is 28.0 Å². The Kier molecular flexibility index (Phi) is 8.19. The van der Waals surface area contributed by atoms with Crippen molar-refractivity contribution in [3.8, 4) is 5.75 Å². The number of hydrogen-bond donors (Lipinski definition) is 1. The van der Waals surface area contributed by atoms with Gasteiger partial charge in [0.25, 0.3) is 15.9 Å². The fraction of sp³-hybridized carbons (Fsp3) is 0.500. The Morgan fingerprint density at radius 1 is 1.11 bits per heavy atom. The number of ether oxygens (including phenoxy) is 1. The molecule has 0 bridgehead atoms. The lowest BCUT2D eigenvalue weighted by Crippen LogP contribution is -2.38. The topological polar surface area (TPSA) is 75.7 Å². The number of nitrogens with one attached hydrogen (secondary N) is 1. The average molecular weight is 699 g/mol. The quantitative estimate of drug-likeness (QED) is 0.178. The number of carbonyl (C=O) groups excluding carboxylic acids is 1. The molecule has 2 aromatic rings. The SMILES string of the molecule is O=C(NS(=O)(=O)C1(F)CC1)c1cc(C2CC2)c(OCC2CCN([C@@H](I)c3cc(Cl)cc(Cl)c3)CC2)cc1F. The summed E-state index contributed by atoms with van der Waals surface area (Å²) < 4.78 is 61.1. The zero-order valence-corrected chi connectivity index (χ0v) is 24.8.